The van der Waals surface area contributed by atoms with Crippen molar-refractivity contribution >= 4 is 35.7 Å². The Morgan fingerprint density at radius 3 is 2.02 bits per heavy atom. The molecule has 0 saturated heterocycles. The molecule has 10 heteroatoms. The number of nitrogens with one attached hydrogen (secondary N) is 1. The van der Waals surface area contributed by atoms with E-state index in [0.29, 0.717) is 28.9 Å². The molecule has 0 fully saturated rings. The van der Waals surface area contributed by atoms with E-state index in [4.69, 9.17) is 25.4 Å². The van der Waals surface area contributed by atoms with Gasteiger partial charge in [0.25, 0.3) is 5.91 Å². The molecule has 0 spiro atoms. The van der Waals surface area contributed by atoms with Gasteiger partial charge in [0.15, 0.2) is 0 Å². The van der Waals surface area contributed by atoms with Crippen LogP contribution in [0.3, 0.4) is 0 Å². The predicted octanol–water partition coefficient (Wildman–Crippen LogP) is 3.96. The summed E-state index contributed by atoms with van der Waals surface area (Å²) >= 11 is 0. The number of nitrogens with zero attached hydrogens (tertiary/aromatic N) is 1. The number of rotatable bonds is 13. The van der Waals surface area contributed by atoms with Gasteiger partial charge in [-0.05, 0) is 81.1 Å². The first kappa shape index (κ1) is 31.7. The lowest BCUT2D eigenvalue weighted by molar-refractivity contribution is -0.158. The highest BCUT2D eigenvalue weighted by atomic mass is 16.5. The second-order valence-corrected chi connectivity index (χ2v) is 9.41. The Kier molecular flexibility index (Phi) is 12.1. The number of hydrogen-bond donors (Lipinski definition) is 2. The molecule has 40 heavy (non-hydrogen) atoms. The first-order chi connectivity index (χ1) is 19.0. The van der Waals surface area contributed by atoms with Crippen molar-refractivity contribution < 1.29 is 33.4 Å². The predicted molar refractivity (Wildman–Crippen MR) is 151 cm³/mol. The molecule has 2 rings (SSSR count). The van der Waals surface area contributed by atoms with E-state index in [1.54, 1.807) is 75.4 Å². The fourth-order valence-electron chi connectivity index (χ4n) is 3.83. The molecule has 0 bridgehead atoms. The number of amides is 1. The average Bonchev–Trinajstić information content (AvgIpc) is 2.91. The van der Waals surface area contributed by atoms with Crippen molar-refractivity contribution in [1.82, 2.24) is 4.90 Å². The number of nitrogens with two attached hydrogens (primary N) is 1. The summed E-state index contributed by atoms with van der Waals surface area (Å²) in [4.78, 5) is 52.4. The maximum absolute atomic E-state index is 13.5. The highest BCUT2D eigenvalue weighted by Crippen LogP contribution is 2.19. The molecule has 214 valence electrons. The third-order valence-electron chi connectivity index (χ3n) is 5.74. The number of benzene rings is 2. The van der Waals surface area contributed by atoms with Crippen LogP contribution < -0.4 is 10.5 Å². The van der Waals surface area contributed by atoms with E-state index in [2.05, 4.69) is 0 Å². The van der Waals surface area contributed by atoms with Crippen LogP contribution in [0.1, 0.15) is 62.5 Å². The van der Waals surface area contributed by atoms with Crippen LogP contribution in [-0.4, -0.2) is 60.4 Å². The summed E-state index contributed by atoms with van der Waals surface area (Å²) < 4.78 is 15.6. The van der Waals surface area contributed by atoms with Crippen molar-refractivity contribution in [3.05, 3.63) is 70.8 Å². The van der Waals surface area contributed by atoms with E-state index in [0.717, 1.165) is 0 Å². The minimum atomic E-state index is -0.957. The fourth-order valence-corrected chi connectivity index (χ4v) is 3.83. The van der Waals surface area contributed by atoms with E-state index >= 15 is 0 Å². The Bertz CT molecular complexity index is 1230. The van der Waals surface area contributed by atoms with Crippen molar-refractivity contribution in [2.45, 2.75) is 47.1 Å². The molecule has 1 atom stereocenters. The molecule has 3 N–H and O–H groups in total. The molecule has 0 aromatic heterocycles. The van der Waals surface area contributed by atoms with Gasteiger partial charge in [-0.2, -0.15) is 0 Å². The quantitative estimate of drug-likeness (QED) is 0.125. The lowest BCUT2D eigenvalue weighted by atomic mass is 10.0. The van der Waals surface area contributed by atoms with Gasteiger partial charge in [-0.15, -0.1) is 0 Å². The molecule has 2 aromatic carbocycles. The monoisotopic (exact) mass is 551 g/mol. The van der Waals surface area contributed by atoms with Gasteiger partial charge >= 0.3 is 17.9 Å². The van der Waals surface area contributed by atoms with Crippen LogP contribution >= 0.6 is 0 Å². The van der Waals surface area contributed by atoms with E-state index < -0.39 is 36.4 Å². The van der Waals surface area contributed by atoms with Gasteiger partial charge < -0.3 is 24.8 Å². The number of esters is 3. The van der Waals surface area contributed by atoms with Gasteiger partial charge in [-0.25, -0.2) is 9.59 Å². The SMILES string of the molecule is CCOC(=O)CN(C(=O)/C(C)=C/c1ccc(C(=O)Oc2ccc(C(=N)N)cc2)cc1)C(CC(C)C)C(=O)OCC. The van der Waals surface area contributed by atoms with Crippen LogP contribution in [0.4, 0.5) is 0 Å². The summed E-state index contributed by atoms with van der Waals surface area (Å²) in [5.74, 6) is -2.03. The average molecular weight is 552 g/mol. The zero-order valence-corrected chi connectivity index (χ0v) is 23.6. The third-order valence-corrected chi connectivity index (χ3v) is 5.74. The summed E-state index contributed by atoms with van der Waals surface area (Å²) in [5, 5.41) is 7.43. The lowest BCUT2D eigenvalue weighted by Crippen LogP contribution is -2.49. The van der Waals surface area contributed by atoms with Crippen LogP contribution in [0.25, 0.3) is 6.08 Å². The van der Waals surface area contributed by atoms with E-state index in [9.17, 15) is 19.2 Å². The minimum Gasteiger partial charge on any atom is -0.465 e. The van der Waals surface area contributed by atoms with Crippen molar-refractivity contribution in [3.8, 4) is 5.75 Å². The summed E-state index contributed by atoms with van der Waals surface area (Å²) in [7, 11) is 0. The number of carbonyl (C=O) groups excluding carboxylic acids is 4. The zero-order chi connectivity index (χ0) is 29.8. The first-order valence-electron chi connectivity index (χ1n) is 13.0. The van der Waals surface area contributed by atoms with Gasteiger partial charge in [0.1, 0.15) is 24.2 Å². The van der Waals surface area contributed by atoms with Crippen LogP contribution in [0, 0.1) is 11.3 Å². The van der Waals surface area contributed by atoms with Crippen molar-refractivity contribution in [3.63, 3.8) is 0 Å². The fraction of sp³-hybridized carbons (Fsp3) is 0.367. The summed E-state index contributed by atoms with van der Waals surface area (Å²) in [5.41, 5.74) is 7.15. The Labute approximate surface area is 234 Å². The topological polar surface area (TPSA) is 149 Å². The number of ether oxygens (including phenoxy) is 3. The molecular formula is C30H37N3O7. The largest absolute Gasteiger partial charge is 0.465 e. The highest BCUT2D eigenvalue weighted by Gasteiger charge is 2.34. The van der Waals surface area contributed by atoms with E-state index in [1.165, 1.54) is 4.90 Å². The molecule has 0 aliphatic carbocycles. The maximum atomic E-state index is 13.5. The van der Waals surface area contributed by atoms with E-state index in [1.807, 2.05) is 13.8 Å². The molecule has 1 amide bonds. The molecular weight excluding hydrogens is 514 g/mol. The van der Waals surface area contributed by atoms with Crippen molar-refractivity contribution in [2.75, 3.05) is 19.8 Å². The van der Waals surface area contributed by atoms with Crippen LogP contribution in [0.15, 0.2) is 54.1 Å². The third kappa shape index (κ3) is 9.37. The summed E-state index contributed by atoms with van der Waals surface area (Å²) in [6.45, 7) is 8.64. The van der Waals surface area contributed by atoms with Gasteiger partial charge in [-0.1, -0.05) is 26.0 Å². The molecule has 0 heterocycles. The second-order valence-electron chi connectivity index (χ2n) is 9.41. The molecule has 1 unspecified atom stereocenters. The zero-order valence-electron chi connectivity index (χ0n) is 23.6. The van der Waals surface area contributed by atoms with Crippen LogP contribution in [-0.2, 0) is 23.9 Å². The van der Waals surface area contributed by atoms with Crippen molar-refractivity contribution in [1.29, 1.82) is 5.41 Å². The van der Waals surface area contributed by atoms with Gasteiger partial charge in [0.2, 0.25) is 0 Å². The maximum Gasteiger partial charge on any atom is 0.343 e. The number of hydrogen-bond acceptors (Lipinski definition) is 8. The Balaban J connectivity index is 2.24. The summed E-state index contributed by atoms with van der Waals surface area (Å²) in [6, 6.07) is 11.7. The Hall–Kier alpha value is -4.47. The minimum absolute atomic E-state index is 0.0514. The Morgan fingerprint density at radius 1 is 0.925 bits per heavy atom. The van der Waals surface area contributed by atoms with Gasteiger partial charge in [0, 0.05) is 11.1 Å². The molecule has 10 nitrogen and oxygen atoms in total. The van der Waals surface area contributed by atoms with E-state index in [-0.39, 0.29) is 30.5 Å². The Morgan fingerprint density at radius 2 is 1.50 bits per heavy atom. The summed E-state index contributed by atoms with van der Waals surface area (Å²) in [6.07, 6.45) is 1.92. The molecule has 2 aromatic rings. The van der Waals surface area contributed by atoms with Gasteiger partial charge in [0.05, 0.1) is 18.8 Å². The number of nitrogen functional groups attached to an aromatic ring is 1. The highest BCUT2D eigenvalue weighted by molar-refractivity contribution is 6.01. The van der Waals surface area contributed by atoms with Crippen molar-refractivity contribution in [2.24, 2.45) is 11.7 Å². The van der Waals surface area contributed by atoms with Gasteiger partial charge in [-0.3, -0.25) is 15.0 Å². The standard InChI is InChI=1S/C30H37N3O7/c1-6-38-26(34)18-33(25(16-19(3)4)30(37)39-7-2)28(35)20(5)17-21-8-10-23(11-9-21)29(36)40-24-14-12-22(13-15-24)27(31)32/h8-15,17,19,25H,6-7,16,18H2,1-5H3,(H3,31,32)/b20-17+. The lowest BCUT2D eigenvalue weighted by Gasteiger charge is -2.30. The first-order valence-corrected chi connectivity index (χ1v) is 13.0. The van der Waals surface area contributed by atoms with Crippen LogP contribution in [0.5, 0.6) is 5.75 Å². The normalized spacial score (nSPS) is 11.9. The second kappa shape index (κ2) is 15.2. The molecule has 0 aliphatic rings. The van der Waals surface area contributed by atoms with Crippen LogP contribution in [0.2, 0.25) is 0 Å². The molecule has 0 aliphatic heterocycles. The number of carbonyl (C=O) groups is 4. The molecule has 0 saturated carbocycles. The smallest absolute Gasteiger partial charge is 0.343 e. The molecule has 0 radical (unpaired) electrons. The number of amidine groups is 1.